The van der Waals surface area contributed by atoms with Crippen LogP contribution in [-0.4, -0.2) is 32.7 Å². The fraction of sp³-hybridized carbons (Fsp3) is 0.562. The van der Waals surface area contributed by atoms with Crippen molar-refractivity contribution in [1.82, 2.24) is 5.32 Å². The average Bonchev–Trinajstić information content (AvgIpc) is 2.36. The molecule has 1 rings (SSSR count). The van der Waals surface area contributed by atoms with E-state index in [4.69, 9.17) is 4.74 Å². The van der Waals surface area contributed by atoms with E-state index in [1.165, 1.54) is 0 Å². The largest absolute Gasteiger partial charge is 0.385 e. The number of methoxy groups -OCH3 is 1. The summed E-state index contributed by atoms with van der Waals surface area (Å²) in [6, 6.07) is 7.80. The number of hydrogen-bond donors (Lipinski definition) is 2. The van der Waals surface area contributed by atoms with Crippen molar-refractivity contribution in [2.75, 3.05) is 32.1 Å². The van der Waals surface area contributed by atoms with Gasteiger partial charge in [-0.25, -0.2) is 0 Å². The second-order valence-electron chi connectivity index (χ2n) is 5.93. The van der Waals surface area contributed by atoms with Gasteiger partial charge in [0.1, 0.15) is 0 Å². The number of ether oxygens (including phenoxy) is 1. The number of anilines is 1. The van der Waals surface area contributed by atoms with E-state index in [-0.39, 0.29) is 11.3 Å². The lowest BCUT2D eigenvalue weighted by Gasteiger charge is -2.24. The third kappa shape index (κ3) is 6.68. The summed E-state index contributed by atoms with van der Waals surface area (Å²) in [6.45, 7) is 8.19. The van der Waals surface area contributed by atoms with E-state index in [1.54, 1.807) is 7.11 Å². The number of amides is 1. The molecular formula is C16H26N2O2. The van der Waals surface area contributed by atoms with E-state index in [9.17, 15) is 4.79 Å². The summed E-state index contributed by atoms with van der Waals surface area (Å²) in [6.07, 6.45) is 0.968. The molecule has 0 radical (unpaired) electrons. The summed E-state index contributed by atoms with van der Waals surface area (Å²) >= 11 is 0. The molecule has 4 nitrogen and oxygen atoms in total. The van der Waals surface area contributed by atoms with Crippen LogP contribution >= 0.6 is 0 Å². The van der Waals surface area contributed by atoms with Crippen molar-refractivity contribution in [3.8, 4) is 0 Å². The maximum Gasteiger partial charge on any atom is 0.238 e. The summed E-state index contributed by atoms with van der Waals surface area (Å²) in [7, 11) is 1.71. The summed E-state index contributed by atoms with van der Waals surface area (Å²) in [5.74, 6) is -0.0156. The third-order valence-corrected chi connectivity index (χ3v) is 3.17. The van der Waals surface area contributed by atoms with Gasteiger partial charge in [-0.3, -0.25) is 4.79 Å². The van der Waals surface area contributed by atoms with E-state index in [1.807, 2.05) is 31.2 Å². The Bertz CT molecular complexity index is 430. The first kappa shape index (κ1) is 16.7. The Labute approximate surface area is 121 Å². The van der Waals surface area contributed by atoms with Crippen molar-refractivity contribution in [1.29, 1.82) is 0 Å². The number of nitrogens with one attached hydrogen (secondary N) is 2. The first-order valence-corrected chi connectivity index (χ1v) is 6.99. The van der Waals surface area contributed by atoms with E-state index in [2.05, 4.69) is 24.5 Å². The Morgan fingerprint density at radius 3 is 2.75 bits per heavy atom. The van der Waals surface area contributed by atoms with Gasteiger partial charge in [0, 0.05) is 25.9 Å². The highest BCUT2D eigenvalue weighted by molar-refractivity contribution is 5.92. The molecule has 0 aliphatic heterocycles. The highest BCUT2D eigenvalue weighted by Crippen LogP contribution is 2.18. The summed E-state index contributed by atoms with van der Waals surface area (Å²) < 4.78 is 5.09. The molecule has 0 aliphatic rings. The minimum absolute atomic E-state index is 0.0156. The molecule has 1 aromatic carbocycles. The molecule has 0 saturated heterocycles. The summed E-state index contributed by atoms with van der Waals surface area (Å²) in [5.41, 5.74) is 2.10. The normalized spacial score (nSPS) is 11.4. The Balaban J connectivity index is 2.30. The highest BCUT2D eigenvalue weighted by atomic mass is 16.5. The van der Waals surface area contributed by atoms with Crippen LogP contribution in [0.3, 0.4) is 0 Å². The third-order valence-electron chi connectivity index (χ3n) is 3.17. The quantitative estimate of drug-likeness (QED) is 0.768. The fourth-order valence-corrected chi connectivity index (χ4v) is 1.91. The maximum absolute atomic E-state index is 11.8. The van der Waals surface area contributed by atoms with Crippen LogP contribution in [0.1, 0.15) is 25.8 Å². The molecular weight excluding hydrogens is 252 g/mol. The molecule has 112 valence electrons. The van der Waals surface area contributed by atoms with E-state index in [0.29, 0.717) is 6.54 Å². The first-order valence-electron chi connectivity index (χ1n) is 6.99. The van der Waals surface area contributed by atoms with Gasteiger partial charge in [0.05, 0.1) is 6.54 Å². The van der Waals surface area contributed by atoms with Crippen LogP contribution in [0.5, 0.6) is 0 Å². The second-order valence-corrected chi connectivity index (χ2v) is 5.93. The van der Waals surface area contributed by atoms with Crippen LogP contribution in [0.25, 0.3) is 0 Å². The van der Waals surface area contributed by atoms with Gasteiger partial charge >= 0.3 is 0 Å². The molecule has 0 heterocycles. The molecule has 0 aromatic heterocycles. The second kappa shape index (κ2) is 8.02. The monoisotopic (exact) mass is 278 g/mol. The minimum Gasteiger partial charge on any atom is -0.385 e. The van der Waals surface area contributed by atoms with Gasteiger partial charge in [0.2, 0.25) is 5.91 Å². The van der Waals surface area contributed by atoms with Crippen molar-refractivity contribution in [2.45, 2.75) is 27.2 Å². The van der Waals surface area contributed by atoms with E-state index >= 15 is 0 Å². The Hall–Kier alpha value is -1.39. The van der Waals surface area contributed by atoms with Gasteiger partial charge in [-0.2, -0.15) is 0 Å². The molecule has 20 heavy (non-hydrogen) atoms. The first-order chi connectivity index (χ1) is 9.43. The van der Waals surface area contributed by atoms with Gasteiger partial charge in [0.15, 0.2) is 0 Å². The smallest absolute Gasteiger partial charge is 0.238 e. The zero-order valence-corrected chi connectivity index (χ0v) is 13.0. The minimum atomic E-state index is -0.0156. The molecule has 0 saturated carbocycles. The summed E-state index contributed by atoms with van der Waals surface area (Å²) in [4.78, 5) is 11.8. The van der Waals surface area contributed by atoms with Gasteiger partial charge < -0.3 is 15.4 Å². The van der Waals surface area contributed by atoms with Crippen LogP contribution in [0.15, 0.2) is 24.3 Å². The Morgan fingerprint density at radius 1 is 1.35 bits per heavy atom. The predicted octanol–water partition coefficient (Wildman–Crippen LogP) is 2.59. The Kier molecular flexibility index (Phi) is 6.68. The molecule has 0 spiro atoms. The molecule has 1 aromatic rings. The molecule has 0 unspecified atom stereocenters. The molecule has 4 heteroatoms. The van der Waals surface area contributed by atoms with Crippen LogP contribution < -0.4 is 10.6 Å². The van der Waals surface area contributed by atoms with Crippen molar-refractivity contribution in [3.63, 3.8) is 0 Å². The standard InChI is InChI=1S/C16H26N2O2/c1-13-6-5-7-14(10-13)18-15(19)11-17-12-16(2,3)8-9-20-4/h5-7,10,17H,8-9,11-12H2,1-4H3,(H,18,19). The van der Waals surface area contributed by atoms with Gasteiger partial charge in [-0.15, -0.1) is 0 Å². The van der Waals surface area contributed by atoms with Crippen molar-refractivity contribution < 1.29 is 9.53 Å². The van der Waals surface area contributed by atoms with Crippen molar-refractivity contribution in [2.24, 2.45) is 5.41 Å². The van der Waals surface area contributed by atoms with Gasteiger partial charge in [0.25, 0.3) is 0 Å². The lowest BCUT2D eigenvalue weighted by molar-refractivity contribution is -0.115. The topological polar surface area (TPSA) is 50.4 Å². The van der Waals surface area contributed by atoms with Crippen LogP contribution in [0, 0.1) is 12.3 Å². The SMILES string of the molecule is COCCC(C)(C)CNCC(=O)Nc1cccc(C)c1. The molecule has 0 atom stereocenters. The number of benzene rings is 1. The van der Waals surface area contributed by atoms with Crippen molar-refractivity contribution >= 4 is 11.6 Å². The van der Waals surface area contributed by atoms with E-state index < -0.39 is 0 Å². The number of carbonyl (C=O) groups excluding carboxylic acids is 1. The van der Waals surface area contributed by atoms with Crippen molar-refractivity contribution in [3.05, 3.63) is 29.8 Å². The molecule has 2 N–H and O–H groups in total. The lowest BCUT2D eigenvalue weighted by atomic mass is 9.90. The highest BCUT2D eigenvalue weighted by Gasteiger charge is 2.17. The number of hydrogen-bond acceptors (Lipinski definition) is 3. The Morgan fingerprint density at radius 2 is 2.10 bits per heavy atom. The average molecular weight is 278 g/mol. The fourth-order valence-electron chi connectivity index (χ4n) is 1.91. The summed E-state index contributed by atoms with van der Waals surface area (Å²) in [5, 5.41) is 6.09. The maximum atomic E-state index is 11.8. The number of aryl methyl sites for hydroxylation is 1. The van der Waals surface area contributed by atoms with Crippen LogP contribution in [0.2, 0.25) is 0 Å². The van der Waals surface area contributed by atoms with Crippen LogP contribution in [0.4, 0.5) is 5.69 Å². The molecule has 0 aliphatic carbocycles. The van der Waals surface area contributed by atoms with E-state index in [0.717, 1.165) is 30.8 Å². The van der Waals surface area contributed by atoms with Gasteiger partial charge in [-0.1, -0.05) is 26.0 Å². The van der Waals surface area contributed by atoms with Gasteiger partial charge in [-0.05, 0) is 36.5 Å². The number of rotatable bonds is 8. The lowest BCUT2D eigenvalue weighted by Crippen LogP contribution is -2.35. The number of carbonyl (C=O) groups is 1. The predicted molar refractivity (Wildman–Crippen MR) is 83.0 cm³/mol. The molecule has 0 bridgehead atoms. The molecule has 0 fully saturated rings. The van der Waals surface area contributed by atoms with Crippen LogP contribution in [-0.2, 0) is 9.53 Å². The molecule has 1 amide bonds. The zero-order valence-electron chi connectivity index (χ0n) is 13.0. The zero-order chi connectivity index (χ0) is 15.0.